The Morgan fingerprint density at radius 1 is 1.55 bits per heavy atom. The molecule has 0 heterocycles. The number of hydrogen-bond acceptors (Lipinski definition) is 0. The summed E-state index contributed by atoms with van der Waals surface area (Å²) in [6.07, 6.45) is 2.39. The Kier molecular flexibility index (Phi) is 0.987. The second kappa shape index (κ2) is 1.73. The van der Waals surface area contributed by atoms with Gasteiger partial charge >= 0.3 is 0 Å². The van der Waals surface area contributed by atoms with Crippen LogP contribution in [0, 0.1) is 16.7 Å². The summed E-state index contributed by atoms with van der Waals surface area (Å²) in [5.74, 6) is 0.552. The highest BCUT2D eigenvalue weighted by atomic mass is 14.6. The Bertz CT molecular complexity index is 259. The first kappa shape index (κ1) is 6.28. The van der Waals surface area contributed by atoms with Crippen molar-refractivity contribution in [1.29, 1.82) is 0 Å². The van der Waals surface area contributed by atoms with Crippen molar-refractivity contribution < 1.29 is 1.37 Å². The van der Waals surface area contributed by atoms with Gasteiger partial charge in [0.25, 0.3) is 0 Å². The van der Waals surface area contributed by atoms with Gasteiger partial charge in [0.1, 0.15) is 0 Å². The normalized spacial score (nSPS) is 48.4. The molecule has 3 rings (SSSR count). The molecule has 0 nitrogen and oxygen atoms in total. The second-order valence-corrected chi connectivity index (χ2v) is 5.14. The number of fused-ring (bicyclic) bond motifs is 1. The van der Waals surface area contributed by atoms with Crippen LogP contribution < -0.4 is 0 Å². The average Bonchev–Trinajstić information content (AvgIpc) is 1.96. The van der Waals surface area contributed by atoms with Crippen LogP contribution in [-0.4, -0.2) is 0 Å². The van der Waals surface area contributed by atoms with E-state index in [2.05, 4.69) is 27.7 Å². The lowest BCUT2D eigenvalue weighted by atomic mass is 9.42. The van der Waals surface area contributed by atoms with Gasteiger partial charge in [0.15, 0.2) is 0 Å². The van der Waals surface area contributed by atoms with Gasteiger partial charge in [-0.25, -0.2) is 0 Å². The zero-order chi connectivity index (χ0) is 9.15. The minimum Gasteiger partial charge on any atom is -0.0819 e. The van der Waals surface area contributed by atoms with Crippen molar-refractivity contribution in [2.24, 2.45) is 16.7 Å². The van der Waals surface area contributed by atoms with Crippen LogP contribution in [0.1, 0.15) is 41.9 Å². The van der Waals surface area contributed by atoms with Gasteiger partial charge in [-0.1, -0.05) is 32.4 Å². The van der Waals surface area contributed by atoms with Gasteiger partial charge in [-0.3, -0.25) is 0 Å². The van der Waals surface area contributed by atoms with Gasteiger partial charge in [0, 0.05) is 0 Å². The van der Waals surface area contributed by atoms with E-state index < -0.39 is 0 Å². The van der Waals surface area contributed by atoms with Gasteiger partial charge in [-0.05, 0) is 36.5 Å². The molecule has 3 aliphatic carbocycles. The molecule has 1 fully saturated rings. The van der Waals surface area contributed by atoms with E-state index in [1.807, 2.05) is 0 Å². The molecule has 2 bridgehead atoms. The summed E-state index contributed by atoms with van der Waals surface area (Å²) in [4.78, 5) is 0. The van der Waals surface area contributed by atoms with Crippen LogP contribution in [0.2, 0.25) is 0 Å². The van der Waals surface area contributed by atoms with E-state index in [0.29, 0.717) is 16.7 Å². The monoisotopic (exact) mass is 151 g/mol. The Morgan fingerprint density at radius 3 is 2.64 bits per heavy atom. The quantitative estimate of drug-likeness (QED) is 0.465. The Balaban J connectivity index is 2.43. The molecule has 0 aliphatic heterocycles. The van der Waals surface area contributed by atoms with Crippen molar-refractivity contribution in [2.75, 3.05) is 0 Å². The molecule has 0 saturated heterocycles. The molecule has 11 heavy (non-hydrogen) atoms. The van der Waals surface area contributed by atoms with E-state index in [-0.39, 0.29) is 0 Å². The van der Waals surface area contributed by atoms with Gasteiger partial charge in [0.05, 0.1) is 1.37 Å². The van der Waals surface area contributed by atoms with E-state index >= 15 is 0 Å². The Morgan fingerprint density at radius 2 is 2.18 bits per heavy atom. The van der Waals surface area contributed by atoms with Crippen molar-refractivity contribution in [3.8, 4) is 0 Å². The molecular formula is C11H18. The van der Waals surface area contributed by atoms with Crippen LogP contribution in [0.5, 0.6) is 0 Å². The molecule has 1 saturated carbocycles. The molecule has 0 spiro atoms. The fourth-order valence-corrected chi connectivity index (χ4v) is 2.72. The third-order valence-electron chi connectivity index (χ3n) is 4.16. The van der Waals surface area contributed by atoms with E-state index in [4.69, 9.17) is 1.37 Å². The number of allylic oxidation sites excluding steroid dienone is 2. The van der Waals surface area contributed by atoms with Crippen molar-refractivity contribution in [2.45, 2.75) is 40.5 Å². The number of hydrogen-bond donors (Lipinski definition) is 0. The molecule has 0 heteroatoms. The highest BCUT2D eigenvalue weighted by Crippen LogP contribution is 2.66. The highest BCUT2D eigenvalue weighted by Gasteiger charge is 2.57. The molecule has 2 atom stereocenters. The van der Waals surface area contributed by atoms with E-state index in [1.165, 1.54) is 12.0 Å². The van der Waals surface area contributed by atoms with Crippen molar-refractivity contribution in [3.05, 3.63) is 11.6 Å². The van der Waals surface area contributed by atoms with Crippen LogP contribution >= 0.6 is 0 Å². The zero-order valence-electron chi connectivity index (χ0n) is 8.99. The van der Waals surface area contributed by atoms with Gasteiger partial charge < -0.3 is 0 Å². The maximum atomic E-state index is 7.94. The molecular weight excluding hydrogens is 132 g/mol. The molecule has 0 aromatic heterocycles. The molecule has 0 radical (unpaired) electrons. The molecule has 0 aromatic rings. The first-order chi connectivity index (χ1) is 5.38. The molecule has 0 N–H and O–H groups in total. The van der Waals surface area contributed by atoms with Crippen molar-refractivity contribution in [3.63, 3.8) is 0 Å². The van der Waals surface area contributed by atoms with E-state index in [9.17, 15) is 0 Å². The summed E-state index contributed by atoms with van der Waals surface area (Å²) >= 11 is 0. The van der Waals surface area contributed by atoms with Gasteiger partial charge in [-0.15, -0.1) is 0 Å². The standard InChI is InChI=1S/C11H18/c1-8-5-9-7-11(4,6-8)10(9,2)3/h5,9H,6-7H2,1-4H3/i5D. The third kappa shape index (κ3) is 0.706. The summed E-state index contributed by atoms with van der Waals surface area (Å²) in [7, 11) is 0. The van der Waals surface area contributed by atoms with E-state index in [0.717, 1.165) is 12.5 Å². The van der Waals surface area contributed by atoms with Gasteiger partial charge in [0.2, 0.25) is 0 Å². The molecule has 3 aliphatic rings. The van der Waals surface area contributed by atoms with Crippen molar-refractivity contribution in [1.82, 2.24) is 0 Å². The largest absolute Gasteiger partial charge is 0.0819 e. The molecule has 62 valence electrons. The molecule has 0 amide bonds. The van der Waals surface area contributed by atoms with Crippen LogP contribution in [-0.2, 0) is 0 Å². The third-order valence-corrected chi connectivity index (χ3v) is 4.16. The number of rotatable bonds is 0. The first-order valence-corrected chi connectivity index (χ1v) is 4.55. The highest BCUT2D eigenvalue weighted by molar-refractivity contribution is 5.24. The summed E-state index contributed by atoms with van der Waals surface area (Å²) in [5.41, 5.74) is 2.20. The second-order valence-electron chi connectivity index (χ2n) is 5.14. The minimum atomic E-state index is 0.379. The topological polar surface area (TPSA) is 0 Å². The summed E-state index contributed by atoms with van der Waals surface area (Å²) in [6.45, 7) is 9.14. The zero-order valence-corrected chi connectivity index (χ0v) is 7.99. The van der Waals surface area contributed by atoms with E-state index in [1.54, 1.807) is 0 Å². The molecule has 2 unspecified atom stereocenters. The van der Waals surface area contributed by atoms with Crippen LogP contribution in [0.3, 0.4) is 0 Å². The Hall–Kier alpha value is -0.260. The molecule has 0 aromatic carbocycles. The maximum Gasteiger partial charge on any atom is 0.0578 e. The summed E-state index contributed by atoms with van der Waals surface area (Å²) in [5, 5.41) is 0. The minimum absolute atomic E-state index is 0.379. The smallest absolute Gasteiger partial charge is 0.0578 e. The SMILES string of the molecule is [2H]C1=C(C)CC2(C)CC1C2(C)C. The van der Waals surface area contributed by atoms with Crippen LogP contribution in [0.25, 0.3) is 0 Å². The van der Waals surface area contributed by atoms with Crippen LogP contribution in [0.15, 0.2) is 11.6 Å². The fourth-order valence-electron chi connectivity index (χ4n) is 2.72. The fraction of sp³-hybridized carbons (Fsp3) is 0.818. The summed E-state index contributed by atoms with van der Waals surface area (Å²) in [6, 6.07) is 0.934. The predicted molar refractivity (Wildman–Crippen MR) is 48.4 cm³/mol. The predicted octanol–water partition coefficient (Wildman–Crippen LogP) is 3.39. The lowest BCUT2D eigenvalue weighted by Crippen LogP contribution is -2.54. The Labute approximate surface area is 71.1 Å². The average molecular weight is 151 g/mol. The lowest BCUT2D eigenvalue weighted by Gasteiger charge is -2.63. The lowest BCUT2D eigenvalue weighted by molar-refractivity contribution is -0.0938. The van der Waals surface area contributed by atoms with Gasteiger partial charge in [-0.2, -0.15) is 0 Å². The first-order valence-electron chi connectivity index (χ1n) is 5.05. The summed E-state index contributed by atoms with van der Waals surface area (Å²) < 4.78 is 7.94. The van der Waals surface area contributed by atoms with Crippen molar-refractivity contribution >= 4 is 0 Å². The van der Waals surface area contributed by atoms with Crippen LogP contribution in [0.4, 0.5) is 0 Å². The maximum absolute atomic E-state index is 7.94.